The first kappa shape index (κ1) is 18.0. The van der Waals surface area contributed by atoms with Crippen LogP contribution in [0.1, 0.15) is 0 Å². The number of benzene rings is 5. The fraction of sp³-hybridized carbons (Fsp3) is 0. The van der Waals surface area contributed by atoms with Gasteiger partial charge in [-0.2, -0.15) is 9.97 Å². The maximum Gasteiger partial charge on any atom is 0.226 e. The van der Waals surface area contributed by atoms with Crippen LogP contribution in [0.3, 0.4) is 0 Å². The van der Waals surface area contributed by atoms with Crippen LogP contribution in [0.15, 0.2) is 97.1 Å². The maximum atomic E-state index is 6.38. The minimum Gasteiger partial charge on any atom is -0.208 e. The Morgan fingerprint density at radius 3 is 2.03 bits per heavy atom. The van der Waals surface area contributed by atoms with Crippen molar-refractivity contribution in [3.8, 4) is 22.8 Å². The second-order valence-electron chi connectivity index (χ2n) is 7.47. The third kappa shape index (κ3) is 3.02. The molecule has 3 nitrogen and oxygen atoms in total. The lowest BCUT2D eigenvalue weighted by Gasteiger charge is -2.13. The molecule has 4 heteroatoms. The molecule has 5 aromatic carbocycles. The van der Waals surface area contributed by atoms with E-state index < -0.39 is 0 Å². The summed E-state index contributed by atoms with van der Waals surface area (Å²) in [5, 5.41) is 7.16. The van der Waals surface area contributed by atoms with Crippen LogP contribution in [0.5, 0.6) is 0 Å². The standard InChI is InChI=1S/C27H16ClN3/c28-27-30-25(18-9-2-1-3-10-18)29-26(31-27)23-16-19-11-5-6-12-20(19)22-15-14-17-8-4-7-13-21(17)24(22)23/h1-16H. The highest BCUT2D eigenvalue weighted by Gasteiger charge is 2.16. The monoisotopic (exact) mass is 417 g/mol. The van der Waals surface area contributed by atoms with Crippen molar-refractivity contribution in [2.75, 3.05) is 0 Å². The topological polar surface area (TPSA) is 38.7 Å². The van der Waals surface area contributed by atoms with E-state index in [9.17, 15) is 0 Å². The van der Waals surface area contributed by atoms with Gasteiger partial charge in [-0.1, -0.05) is 91.0 Å². The summed E-state index contributed by atoms with van der Waals surface area (Å²) < 4.78 is 0. The van der Waals surface area contributed by atoms with Gasteiger partial charge in [-0.15, -0.1) is 0 Å². The van der Waals surface area contributed by atoms with Crippen LogP contribution in [0.2, 0.25) is 5.28 Å². The number of rotatable bonds is 2. The van der Waals surface area contributed by atoms with E-state index in [0.717, 1.165) is 21.9 Å². The van der Waals surface area contributed by atoms with Crippen LogP contribution in [-0.4, -0.2) is 15.0 Å². The Hall–Kier alpha value is -3.82. The largest absolute Gasteiger partial charge is 0.226 e. The maximum absolute atomic E-state index is 6.38. The molecular weight excluding hydrogens is 402 g/mol. The zero-order valence-electron chi connectivity index (χ0n) is 16.5. The second-order valence-corrected chi connectivity index (χ2v) is 7.81. The van der Waals surface area contributed by atoms with Crippen LogP contribution in [0.25, 0.3) is 55.1 Å². The lowest BCUT2D eigenvalue weighted by molar-refractivity contribution is 1.07. The molecule has 1 heterocycles. The van der Waals surface area contributed by atoms with Crippen molar-refractivity contribution in [2.24, 2.45) is 0 Å². The summed E-state index contributed by atoms with van der Waals surface area (Å²) in [6.07, 6.45) is 0. The van der Waals surface area contributed by atoms with Crippen LogP contribution in [0.4, 0.5) is 0 Å². The molecule has 0 unspecified atom stereocenters. The van der Waals surface area contributed by atoms with Gasteiger partial charge in [-0.3, -0.25) is 0 Å². The van der Waals surface area contributed by atoms with Crippen molar-refractivity contribution < 1.29 is 0 Å². The molecule has 0 saturated heterocycles. The zero-order chi connectivity index (χ0) is 20.8. The summed E-state index contributed by atoms with van der Waals surface area (Å²) in [5.74, 6) is 1.14. The van der Waals surface area contributed by atoms with Crippen LogP contribution in [-0.2, 0) is 0 Å². The van der Waals surface area contributed by atoms with E-state index in [1.54, 1.807) is 0 Å². The normalized spacial score (nSPS) is 11.4. The number of nitrogens with zero attached hydrogens (tertiary/aromatic N) is 3. The molecule has 0 amide bonds. The molecule has 0 saturated carbocycles. The molecule has 1 aromatic heterocycles. The van der Waals surface area contributed by atoms with Gasteiger partial charge in [0.1, 0.15) is 0 Å². The van der Waals surface area contributed by atoms with Crippen molar-refractivity contribution >= 4 is 43.9 Å². The second kappa shape index (κ2) is 7.15. The first-order chi connectivity index (χ1) is 15.3. The predicted octanol–water partition coefficient (Wildman–Crippen LogP) is 7.32. The minimum atomic E-state index is 0.186. The molecule has 0 fully saturated rings. The molecule has 0 aliphatic carbocycles. The highest BCUT2D eigenvalue weighted by molar-refractivity contribution is 6.28. The summed E-state index contributed by atoms with van der Waals surface area (Å²) in [5.41, 5.74) is 1.86. The molecule has 146 valence electrons. The Labute approximate surface area is 184 Å². The van der Waals surface area contributed by atoms with E-state index in [1.165, 1.54) is 21.5 Å². The van der Waals surface area contributed by atoms with Gasteiger partial charge in [0.15, 0.2) is 11.6 Å². The molecule has 0 atom stereocenters. The lowest BCUT2D eigenvalue weighted by Crippen LogP contribution is -1.98. The van der Waals surface area contributed by atoms with Crippen LogP contribution >= 0.6 is 11.6 Å². The quantitative estimate of drug-likeness (QED) is 0.277. The predicted molar refractivity (Wildman–Crippen MR) is 128 cm³/mol. The third-order valence-electron chi connectivity index (χ3n) is 5.63. The molecular formula is C27H16ClN3. The molecule has 0 bridgehead atoms. The first-order valence-corrected chi connectivity index (χ1v) is 10.5. The highest BCUT2D eigenvalue weighted by atomic mass is 35.5. The van der Waals surface area contributed by atoms with Crippen molar-refractivity contribution in [3.63, 3.8) is 0 Å². The van der Waals surface area contributed by atoms with Gasteiger partial charge in [0.05, 0.1) is 0 Å². The number of hydrogen-bond acceptors (Lipinski definition) is 3. The molecule has 6 aromatic rings. The van der Waals surface area contributed by atoms with Gasteiger partial charge in [-0.05, 0) is 44.6 Å². The molecule has 6 rings (SSSR count). The number of aromatic nitrogens is 3. The smallest absolute Gasteiger partial charge is 0.208 e. The third-order valence-corrected chi connectivity index (χ3v) is 5.80. The van der Waals surface area contributed by atoms with Crippen molar-refractivity contribution in [2.45, 2.75) is 0 Å². The Morgan fingerprint density at radius 1 is 0.516 bits per heavy atom. The molecule has 0 aliphatic rings. The number of hydrogen-bond donors (Lipinski definition) is 0. The Kier molecular flexibility index (Phi) is 4.15. The van der Waals surface area contributed by atoms with E-state index >= 15 is 0 Å². The van der Waals surface area contributed by atoms with E-state index in [1.807, 2.05) is 30.3 Å². The lowest BCUT2D eigenvalue weighted by atomic mass is 9.92. The van der Waals surface area contributed by atoms with Crippen LogP contribution < -0.4 is 0 Å². The zero-order valence-corrected chi connectivity index (χ0v) is 17.2. The average molecular weight is 418 g/mol. The highest BCUT2D eigenvalue weighted by Crippen LogP contribution is 2.38. The van der Waals surface area contributed by atoms with E-state index in [2.05, 4.69) is 76.7 Å². The van der Waals surface area contributed by atoms with Gasteiger partial charge in [0.25, 0.3) is 0 Å². The fourth-order valence-electron chi connectivity index (χ4n) is 4.25. The molecule has 0 radical (unpaired) electrons. The van der Waals surface area contributed by atoms with Crippen molar-refractivity contribution in [1.82, 2.24) is 15.0 Å². The SMILES string of the molecule is Clc1nc(-c2ccccc2)nc(-c2cc3ccccc3c3ccc4ccccc4c23)n1. The first-order valence-electron chi connectivity index (χ1n) is 10.1. The Balaban J connectivity index is 1.75. The van der Waals surface area contributed by atoms with Crippen molar-refractivity contribution in [1.29, 1.82) is 0 Å². The number of fused-ring (bicyclic) bond motifs is 5. The van der Waals surface area contributed by atoms with Gasteiger partial charge < -0.3 is 0 Å². The summed E-state index contributed by atoms with van der Waals surface area (Å²) in [4.78, 5) is 13.7. The van der Waals surface area contributed by atoms with E-state index in [4.69, 9.17) is 16.6 Å². The van der Waals surface area contributed by atoms with E-state index in [-0.39, 0.29) is 5.28 Å². The van der Waals surface area contributed by atoms with Gasteiger partial charge in [0.2, 0.25) is 5.28 Å². The van der Waals surface area contributed by atoms with Gasteiger partial charge in [0, 0.05) is 16.5 Å². The summed E-state index contributed by atoms with van der Waals surface area (Å²) in [7, 11) is 0. The van der Waals surface area contributed by atoms with E-state index in [0.29, 0.717) is 11.6 Å². The fourth-order valence-corrected chi connectivity index (χ4v) is 4.41. The molecule has 0 spiro atoms. The van der Waals surface area contributed by atoms with Crippen molar-refractivity contribution in [3.05, 3.63) is 102 Å². The molecule has 0 aliphatic heterocycles. The minimum absolute atomic E-state index is 0.186. The summed E-state index contributed by atoms with van der Waals surface area (Å²) >= 11 is 6.38. The Bertz CT molecular complexity index is 1590. The number of halogens is 1. The van der Waals surface area contributed by atoms with Gasteiger partial charge in [-0.25, -0.2) is 4.98 Å². The average Bonchev–Trinajstić information content (AvgIpc) is 2.83. The summed E-state index contributed by atoms with van der Waals surface area (Å²) in [6, 6.07) is 33.2. The van der Waals surface area contributed by atoms with Crippen LogP contribution in [0, 0.1) is 0 Å². The molecule has 31 heavy (non-hydrogen) atoms. The Morgan fingerprint density at radius 2 is 1.19 bits per heavy atom. The molecule has 0 N–H and O–H groups in total. The summed E-state index contributed by atoms with van der Waals surface area (Å²) in [6.45, 7) is 0. The van der Waals surface area contributed by atoms with Gasteiger partial charge >= 0.3 is 0 Å².